The predicted octanol–water partition coefficient (Wildman–Crippen LogP) is 3.45. The van der Waals surface area contributed by atoms with Crippen molar-refractivity contribution in [1.82, 2.24) is 4.90 Å². The summed E-state index contributed by atoms with van der Waals surface area (Å²) in [7, 11) is 0. The van der Waals surface area contributed by atoms with Gasteiger partial charge in [0.05, 0.1) is 11.6 Å². The predicted molar refractivity (Wildman–Crippen MR) is 78.6 cm³/mol. The minimum Gasteiger partial charge on any atom is -0.292 e. The molecule has 5 rings (SSSR count). The maximum atomic E-state index is 5.18. The second-order valence-corrected chi connectivity index (χ2v) is 6.39. The van der Waals surface area contributed by atoms with Gasteiger partial charge in [-0.2, -0.15) is 0 Å². The summed E-state index contributed by atoms with van der Waals surface area (Å²) in [4.78, 5) is 7.89. The molecule has 3 aliphatic heterocycles. The maximum absolute atomic E-state index is 5.18. The van der Waals surface area contributed by atoms with Crippen molar-refractivity contribution in [3.63, 3.8) is 0 Å². The van der Waals surface area contributed by atoms with Crippen molar-refractivity contribution < 1.29 is 0 Å². The average Bonchev–Trinajstić information content (AvgIpc) is 3.25. The van der Waals surface area contributed by atoms with Crippen LogP contribution in [-0.4, -0.2) is 29.2 Å². The molecule has 1 aliphatic carbocycles. The molecule has 1 saturated carbocycles. The minimum absolute atomic E-state index is 0.314. The van der Waals surface area contributed by atoms with Crippen LogP contribution in [0.3, 0.4) is 0 Å². The van der Waals surface area contributed by atoms with Gasteiger partial charge in [0, 0.05) is 11.6 Å². The Morgan fingerprint density at radius 1 is 1.16 bits per heavy atom. The van der Waals surface area contributed by atoms with Crippen molar-refractivity contribution in [2.75, 3.05) is 13.1 Å². The number of fused-ring (bicyclic) bond motifs is 2. The van der Waals surface area contributed by atoms with Crippen molar-refractivity contribution >= 4 is 5.71 Å². The molecule has 1 spiro atoms. The average molecular weight is 254 g/mol. The van der Waals surface area contributed by atoms with Gasteiger partial charge in [-0.3, -0.25) is 9.89 Å². The largest absolute Gasteiger partial charge is 0.292 e. The van der Waals surface area contributed by atoms with Crippen molar-refractivity contribution in [3.8, 4) is 0 Å². The summed E-state index contributed by atoms with van der Waals surface area (Å²) in [6, 6.07) is 11.0. The molecule has 2 nitrogen and oxygen atoms in total. The molecule has 2 heteroatoms. The van der Waals surface area contributed by atoms with Gasteiger partial charge in [0.1, 0.15) is 0 Å². The Labute approximate surface area is 115 Å². The van der Waals surface area contributed by atoms with E-state index < -0.39 is 0 Å². The molecule has 100 valence electrons. The first-order valence-electron chi connectivity index (χ1n) is 7.68. The van der Waals surface area contributed by atoms with Crippen LogP contribution in [0.2, 0.25) is 0 Å². The zero-order chi connectivity index (χ0) is 12.9. The van der Waals surface area contributed by atoms with Gasteiger partial charge in [0.15, 0.2) is 0 Å². The summed E-state index contributed by atoms with van der Waals surface area (Å²) in [6.45, 7) is 4.86. The van der Waals surface area contributed by atoms with E-state index in [1.165, 1.54) is 44.3 Å². The summed E-state index contributed by atoms with van der Waals surface area (Å²) in [6.07, 6.45) is 5.37. The van der Waals surface area contributed by atoms with E-state index in [9.17, 15) is 0 Å². The van der Waals surface area contributed by atoms with Crippen LogP contribution in [0, 0.1) is 5.92 Å². The molecule has 3 heterocycles. The SMILES string of the molecule is C[C@@H](N=C1C2CCN(CC2)C12CC2)c1ccccc1. The molecule has 0 aromatic heterocycles. The smallest absolute Gasteiger partial charge is 0.0721 e. The van der Waals surface area contributed by atoms with E-state index in [0.717, 1.165) is 5.92 Å². The van der Waals surface area contributed by atoms with E-state index in [-0.39, 0.29) is 0 Å². The van der Waals surface area contributed by atoms with Gasteiger partial charge in [-0.05, 0) is 51.3 Å². The van der Waals surface area contributed by atoms with Gasteiger partial charge in [0.2, 0.25) is 0 Å². The summed E-state index contributed by atoms with van der Waals surface area (Å²) in [5, 5.41) is 0. The molecule has 1 aromatic rings. The normalized spacial score (nSPS) is 34.7. The fraction of sp³-hybridized carbons (Fsp3) is 0.588. The number of hydrogen-bond donors (Lipinski definition) is 0. The second kappa shape index (κ2) is 4.17. The number of piperidine rings is 3. The van der Waals surface area contributed by atoms with Crippen LogP contribution < -0.4 is 0 Å². The Hall–Kier alpha value is -1.15. The third-order valence-corrected chi connectivity index (χ3v) is 5.30. The van der Waals surface area contributed by atoms with Crippen molar-refractivity contribution in [1.29, 1.82) is 0 Å². The highest BCUT2D eigenvalue weighted by Gasteiger charge is 2.58. The highest BCUT2D eigenvalue weighted by molar-refractivity contribution is 5.99. The lowest BCUT2D eigenvalue weighted by Crippen LogP contribution is -2.57. The zero-order valence-corrected chi connectivity index (χ0v) is 11.7. The molecular formula is C17H22N2. The van der Waals surface area contributed by atoms with E-state index >= 15 is 0 Å². The molecule has 3 saturated heterocycles. The molecule has 4 fully saturated rings. The van der Waals surface area contributed by atoms with Gasteiger partial charge in [-0.25, -0.2) is 0 Å². The van der Waals surface area contributed by atoms with E-state index in [2.05, 4.69) is 42.2 Å². The first-order chi connectivity index (χ1) is 9.29. The fourth-order valence-electron chi connectivity index (χ4n) is 4.05. The first kappa shape index (κ1) is 11.7. The van der Waals surface area contributed by atoms with E-state index in [4.69, 9.17) is 4.99 Å². The van der Waals surface area contributed by atoms with Crippen LogP contribution in [0.1, 0.15) is 44.2 Å². The highest BCUT2D eigenvalue weighted by atomic mass is 15.3. The standard InChI is InChI=1S/C17H22N2/c1-13(14-5-3-2-4-6-14)18-16-15-7-11-19(12-8-15)17(16)9-10-17/h2-6,13,15H,7-12H2,1H3/t13-/m1/s1. The number of hydrogen-bond acceptors (Lipinski definition) is 2. The zero-order valence-electron chi connectivity index (χ0n) is 11.7. The van der Waals surface area contributed by atoms with Crippen LogP contribution in [-0.2, 0) is 0 Å². The molecular weight excluding hydrogens is 232 g/mol. The lowest BCUT2D eigenvalue weighted by atomic mass is 9.79. The van der Waals surface area contributed by atoms with Gasteiger partial charge < -0.3 is 0 Å². The minimum atomic E-state index is 0.314. The lowest BCUT2D eigenvalue weighted by Gasteiger charge is -2.47. The summed E-state index contributed by atoms with van der Waals surface area (Å²) >= 11 is 0. The maximum Gasteiger partial charge on any atom is 0.0721 e. The van der Waals surface area contributed by atoms with Crippen LogP contribution in [0.5, 0.6) is 0 Å². The summed E-state index contributed by atoms with van der Waals surface area (Å²) < 4.78 is 0. The quantitative estimate of drug-likeness (QED) is 0.789. The Morgan fingerprint density at radius 2 is 1.84 bits per heavy atom. The summed E-state index contributed by atoms with van der Waals surface area (Å²) in [5.41, 5.74) is 3.30. The van der Waals surface area contributed by atoms with Crippen molar-refractivity contribution in [2.24, 2.45) is 10.9 Å². The number of nitrogens with zero attached hydrogens (tertiary/aromatic N) is 2. The van der Waals surface area contributed by atoms with Crippen molar-refractivity contribution in [2.45, 2.75) is 44.2 Å². The number of aliphatic imine (C=N–C) groups is 1. The Bertz CT molecular complexity index is 493. The van der Waals surface area contributed by atoms with E-state index in [0.29, 0.717) is 11.6 Å². The number of benzene rings is 1. The number of rotatable bonds is 2. The molecule has 0 unspecified atom stereocenters. The van der Waals surface area contributed by atoms with Crippen molar-refractivity contribution in [3.05, 3.63) is 35.9 Å². The van der Waals surface area contributed by atoms with Crippen LogP contribution in [0.4, 0.5) is 0 Å². The molecule has 1 atom stereocenters. The molecule has 4 aliphatic rings. The molecule has 0 amide bonds. The third-order valence-electron chi connectivity index (χ3n) is 5.30. The highest BCUT2D eigenvalue weighted by Crippen LogP contribution is 2.52. The topological polar surface area (TPSA) is 15.6 Å². The second-order valence-electron chi connectivity index (χ2n) is 6.39. The fourth-order valence-corrected chi connectivity index (χ4v) is 4.05. The third kappa shape index (κ3) is 1.77. The Morgan fingerprint density at radius 3 is 2.47 bits per heavy atom. The first-order valence-corrected chi connectivity index (χ1v) is 7.68. The van der Waals surface area contributed by atoms with Gasteiger partial charge >= 0.3 is 0 Å². The Kier molecular flexibility index (Phi) is 2.56. The van der Waals surface area contributed by atoms with Gasteiger partial charge in [0.25, 0.3) is 0 Å². The van der Waals surface area contributed by atoms with Crippen LogP contribution in [0.15, 0.2) is 35.3 Å². The monoisotopic (exact) mass is 254 g/mol. The van der Waals surface area contributed by atoms with Crippen LogP contribution in [0.25, 0.3) is 0 Å². The molecule has 0 radical (unpaired) electrons. The molecule has 1 aromatic carbocycles. The molecule has 2 bridgehead atoms. The van der Waals surface area contributed by atoms with E-state index in [1.807, 2.05) is 0 Å². The lowest BCUT2D eigenvalue weighted by molar-refractivity contribution is 0.131. The van der Waals surface area contributed by atoms with E-state index in [1.54, 1.807) is 5.71 Å². The van der Waals surface area contributed by atoms with Gasteiger partial charge in [-0.15, -0.1) is 0 Å². The Balaban J connectivity index is 1.66. The van der Waals surface area contributed by atoms with Gasteiger partial charge in [-0.1, -0.05) is 30.3 Å². The molecule has 19 heavy (non-hydrogen) atoms. The van der Waals surface area contributed by atoms with Crippen LogP contribution >= 0.6 is 0 Å². The summed E-state index contributed by atoms with van der Waals surface area (Å²) in [5.74, 6) is 0.777. The molecule has 0 N–H and O–H groups in total.